The Kier molecular flexibility index (Phi) is 4.06. The molecule has 1 aromatic rings. The van der Waals surface area contributed by atoms with Crippen molar-refractivity contribution in [3.8, 4) is 5.75 Å². The number of nitrogens with one attached hydrogen (secondary N) is 1. The van der Waals surface area contributed by atoms with Crippen LogP contribution in [0.15, 0.2) is 24.3 Å². The Morgan fingerprint density at radius 1 is 1.17 bits per heavy atom. The first-order valence-corrected chi connectivity index (χ1v) is 9.62. The predicted molar refractivity (Wildman–Crippen MR) is 95.1 cm³/mol. The van der Waals surface area contributed by atoms with Crippen LogP contribution >= 0.6 is 0 Å². The summed E-state index contributed by atoms with van der Waals surface area (Å²) in [6.07, 6.45) is 8.25. The van der Waals surface area contributed by atoms with Gasteiger partial charge in [0.25, 0.3) is 5.91 Å². The van der Waals surface area contributed by atoms with Gasteiger partial charge in [-0.05, 0) is 87.7 Å². The Bertz CT molecular complexity index is 589. The van der Waals surface area contributed by atoms with Gasteiger partial charge in [0.2, 0.25) is 0 Å². The quantitative estimate of drug-likeness (QED) is 0.869. The summed E-state index contributed by atoms with van der Waals surface area (Å²) < 4.78 is 5.63. The summed E-state index contributed by atoms with van der Waals surface area (Å²) in [6, 6.07) is 7.82. The fourth-order valence-electron chi connectivity index (χ4n) is 6.07. The highest BCUT2D eigenvalue weighted by molar-refractivity contribution is 5.97. The lowest BCUT2D eigenvalue weighted by Crippen LogP contribution is -2.55. The third kappa shape index (κ3) is 2.72. The Balaban J connectivity index is 1.50. The maximum atomic E-state index is 12.9. The normalized spacial score (nSPS) is 34.8. The molecule has 4 saturated carbocycles. The molecule has 1 N–H and O–H groups in total. The number of benzene rings is 1. The third-order valence-corrected chi connectivity index (χ3v) is 6.78. The van der Waals surface area contributed by atoms with Crippen molar-refractivity contribution >= 4 is 5.91 Å². The Labute approximate surface area is 145 Å². The van der Waals surface area contributed by atoms with Crippen LogP contribution in [0.2, 0.25) is 0 Å². The van der Waals surface area contributed by atoms with Gasteiger partial charge in [-0.3, -0.25) is 4.79 Å². The topological polar surface area (TPSA) is 38.3 Å². The van der Waals surface area contributed by atoms with Gasteiger partial charge in [0, 0.05) is 6.04 Å². The molecule has 0 aromatic heterocycles. The first-order valence-electron chi connectivity index (χ1n) is 9.62. The second kappa shape index (κ2) is 6.09. The van der Waals surface area contributed by atoms with Gasteiger partial charge in [0.15, 0.2) is 0 Å². The highest BCUT2D eigenvalue weighted by atomic mass is 16.5. The molecule has 3 nitrogen and oxygen atoms in total. The van der Waals surface area contributed by atoms with E-state index in [0.29, 0.717) is 23.3 Å². The molecule has 4 aliphatic carbocycles. The lowest BCUT2D eigenvalue weighted by molar-refractivity contribution is -0.0688. The highest BCUT2D eigenvalue weighted by Gasteiger charge is 2.53. The van der Waals surface area contributed by atoms with E-state index < -0.39 is 0 Å². The largest absolute Gasteiger partial charge is 0.493 e. The molecule has 1 atom stereocenters. The van der Waals surface area contributed by atoms with Gasteiger partial charge in [-0.25, -0.2) is 0 Å². The van der Waals surface area contributed by atoms with Gasteiger partial charge < -0.3 is 10.1 Å². The van der Waals surface area contributed by atoms with Crippen LogP contribution in [0.5, 0.6) is 5.75 Å². The molecule has 4 fully saturated rings. The summed E-state index contributed by atoms with van der Waals surface area (Å²) >= 11 is 0. The van der Waals surface area contributed by atoms with E-state index in [1.165, 1.54) is 38.5 Å². The van der Waals surface area contributed by atoms with Crippen molar-refractivity contribution in [2.24, 2.45) is 23.2 Å². The average molecular weight is 327 g/mol. The summed E-state index contributed by atoms with van der Waals surface area (Å²) in [5, 5.41) is 3.33. The predicted octanol–water partition coefficient (Wildman–Crippen LogP) is 4.42. The number of hydrogen-bond acceptors (Lipinski definition) is 2. The van der Waals surface area contributed by atoms with Crippen LogP contribution in [0.25, 0.3) is 0 Å². The summed E-state index contributed by atoms with van der Waals surface area (Å²) in [4.78, 5) is 12.9. The molecular weight excluding hydrogens is 298 g/mol. The van der Waals surface area contributed by atoms with Crippen molar-refractivity contribution in [1.29, 1.82) is 0 Å². The number of ether oxygens (including phenoxy) is 1. The van der Waals surface area contributed by atoms with Gasteiger partial charge in [0.05, 0.1) is 12.2 Å². The zero-order valence-electron chi connectivity index (χ0n) is 14.9. The van der Waals surface area contributed by atoms with Gasteiger partial charge in [-0.2, -0.15) is 0 Å². The zero-order valence-corrected chi connectivity index (χ0v) is 14.9. The highest BCUT2D eigenvalue weighted by Crippen LogP contribution is 2.61. The lowest BCUT2D eigenvalue weighted by Gasteiger charge is -2.59. The summed E-state index contributed by atoms with van der Waals surface area (Å²) in [5.41, 5.74) is 1.00. The summed E-state index contributed by atoms with van der Waals surface area (Å²) in [5.74, 6) is 3.43. The minimum atomic E-state index is 0.0160. The van der Waals surface area contributed by atoms with Gasteiger partial charge >= 0.3 is 0 Å². The number of hydrogen-bond donors (Lipinski definition) is 1. The van der Waals surface area contributed by atoms with Crippen LogP contribution in [-0.2, 0) is 0 Å². The summed E-state index contributed by atoms with van der Waals surface area (Å²) in [7, 11) is 0. The van der Waals surface area contributed by atoms with Gasteiger partial charge in [-0.15, -0.1) is 0 Å². The molecule has 0 saturated heterocycles. The summed E-state index contributed by atoms with van der Waals surface area (Å²) in [6.45, 7) is 4.76. The van der Waals surface area contributed by atoms with Crippen molar-refractivity contribution in [2.75, 3.05) is 6.61 Å². The Morgan fingerprint density at radius 2 is 1.75 bits per heavy atom. The van der Waals surface area contributed by atoms with Crippen molar-refractivity contribution in [1.82, 2.24) is 5.32 Å². The fraction of sp³-hybridized carbons (Fsp3) is 0.667. The molecule has 0 radical (unpaired) electrons. The molecule has 0 spiro atoms. The van der Waals surface area contributed by atoms with E-state index in [1.807, 2.05) is 31.2 Å². The molecule has 130 valence electrons. The minimum absolute atomic E-state index is 0.0160. The molecule has 4 aliphatic rings. The van der Waals surface area contributed by atoms with Crippen molar-refractivity contribution in [3.63, 3.8) is 0 Å². The Morgan fingerprint density at radius 3 is 2.33 bits per heavy atom. The van der Waals surface area contributed by atoms with Crippen molar-refractivity contribution in [3.05, 3.63) is 29.8 Å². The molecule has 3 heteroatoms. The van der Waals surface area contributed by atoms with Crippen LogP contribution in [0, 0.1) is 23.2 Å². The van der Waals surface area contributed by atoms with E-state index in [0.717, 1.165) is 17.8 Å². The number of amides is 1. The minimum Gasteiger partial charge on any atom is -0.493 e. The smallest absolute Gasteiger partial charge is 0.255 e. The number of carbonyl (C=O) groups excluding carboxylic acids is 1. The van der Waals surface area contributed by atoms with E-state index in [1.54, 1.807) is 0 Å². The molecule has 1 amide bonds. The average Bonchev–Trinajstić information content (AvgIpc) is 2.54. The van der Waals surface area contributed by atoms with E-state index in [4.69, 9.17) is 4.74 Å². The molecule has 24 heavy (non-hydrogen) atoms. The lowest BCUT2D eigenvalue weighted by atomic mass is 9.48. The monoisotopic (exact) mass is 327 g/mol. The second-order valence-electron chi connectivity index (χ2n) is 8.40. The molecular formula is C21H29NO2. The standard InChI is InChI=1S/C21H29NO2/c1-3-24-19-7-5-4-6-18(19)20(23)22-14(2)21-11-15-8-16(12-21)10-17(9-15)13-21/h4-7,14-17H,3,8-13H2,1-2H3,(H,22,23)/t14-,15?,16?,17?,21?/m0/s1. The van der Waals surface area contributed by atoms with E-state index in [-0.39, 0.29) is 11.9 Å². The molecule has 0 heterocycles. The maximum Gasteiger partial charge on any atom is 0.255 e. The SMILES string of the molecule is CCOc1ccccc1C(=O)N[C@@H](C)C12CC3CC(CC(C3)C1)C2. The first-order chi connectivity index (χ1) is 11.6. The number of rotatable bonds is 5. The maximum absolute atomic E-state index is 12.9. The number of para-hydroxylation sites is 1. The zero-order chi connectivity index (χ0) is 16.7. The molecule has 4 bridgehead atoms. The van der Waals surface area contributed by atoms with Crippen LogP contribution in [0.1, 0.15) is 62.7 Å². The molecule has 5 rings (SSSR count). The third-order valence-electron chi connectivity index (χ3n) is 6.78. The van der Waals surface area contributed by atoms with Gasteiger partial charge in [-0.1, -0.05) is 12.1 Å². The van der Waals surface area contributed by atoms with Crippen molar-refractivity contribution in [2.45, 2.75) is 58.4 Å². The molecule has 1 aromatic carbocycles. The van der Waals surface area contributed by atoms with E-state index >= 15 is 0 Å². The van der Waals surface area contributed by atoms with Crippen LogP contribution in [0.3, 0.4) is 0 Å². The Hall–Kier alpha value is -1.51. The van der Waals surface area contributed by atoms with Crippen molar-refractivity contribution < 1.29 is 9.53 Å². The van der Waals surface area contributed by atoms with Crippen LogP contribution in [-0.4, -0.2) is 18.6 Å². The van der Waals surface area contributed by atoms with E-state index in [2.05, 4.69) is 12.2 Å². The fourth-order valence-corrected chi connectivity index (χ4v) is 6.07. The van der Waals surface area contributed by atoms with Crippen LogP contribution in [0.4, 0.5) is 0 Å². The van der Waals surface area contributed by atoms with Gasteiger partial charge in [0.1, 0.15) is 5.75 Å². The first kappa shape index (κ1) is 16.0. The molecule has 0 aliphatic heterocycles. The molecule has 0 unspecified atom stereocenters. The number of carbonyl (C=O) groups is 1. The second-order valence-corrected chi connectivity index (χ2v) is 8.40. The van der Waals surface area contributed by atoms with Crippen LogP contribution < -0.4 is 10.1 Å². The van der Waals surface area contributed by atoms with E-state index in [9.17, 15) is 4.79 Å².